The molecule has 0 rings (SSSR count). The first-order valence-corrected chi connectivity index (χ1v) is 4.08. The number of hydrogen-bond acceptors (Lipinski definition) is 2. The Bertz CT molecular complexity index is 309. The van der Waals surface area contributed by atoms with Crippen LogP contribution in [0, 0.1) is 0 Å². The van der Waals surface area contributed by atoms with Gasteiger partial charge in [0.25, 0.3) is 0 Å². The van der Waals surface area contributed by atoms with Crippen molar-refractivity contribution in [2.75, 3.05) is 6.67 Å². The SMILES string of the molecule is FCC(F)(F)C(F)=C(F)F.O=S(=O)(O)F. The smallest absolute Gasteiger partial charge is 0.260 e. The molecule has 0 radical (unpaired) electrons. The van der Waals surface area contributed by atoms with Crippen molar-refractivity contribution in [3.8, 4) is 0 Å². The largest absolute Gasteiger partial charge is 0.435 e. The molecule has 0 aromatic rings. The molecular formula is C4H3F7O3S. The van der Waals surface area contributed by atoms with Gasteiger partial charge in [-0.05, 0) is 0 Å². The van der Waals surface area contributed by atoms with Crippen LogP contribution in [0.2, 0.25) is 0 Å². The van der Waals surface area contributed by atoms with E-state index >= 15 is 0 Å². The molecule has 0 aromatic heterocycles. The molecule has 3 nitrogen and oxygen atoms in total. The van der Waals surface area contributed by atoms with Gasteiger partial charge >= 0.3 is 22.5 Å². The van der Waals surface area contributed by atoms with Crippen LogP contribution in [0.15, 0.2) is 11.9 Å². The van der Waals surface area contributed by atoms with Crippen LogP contribution in [-0.2, 0) is 10.5 Å². The Labute approximate surface area is 79.2 Å². The summed E-state index contributed by atoms with van der Waals surface area (Å²) in [6.07, 6.45) is -3.19. The number of hydrogen-bond donors (Lipinski definition) is 1. The maximum atomic E-state index is 11.5. The predicted molar refractivity (Wildman–Crippen MR) is 33.9 cm³/mol. The van der Waals surface area contributed by atoms with Crippen LogP contribution in [-0.4, -0.2) is 25.6 Å². The minimum absolute atomic E-state index is 2.46. The molecule has 15 heavy (non-hydrogen) atoms. The van der Waals surface area contributed by atoms with Crippen molar-refractivity contribution in [3.05, 3.63) is 11.9 Å². The molecule has 0 amide bonds. The lowest BCUT2D eigenvalue weighted by atomic mass is 10.3. The van der Waals surface area contributed by atoms with Gasteiger partial charge in [0.2, 0.25) is 5.83 Å². The van der Waals surface area contributed by atoms with Crippen LogP contribution in [0.5, 0.6) is 0 Å². The van der Waals surface area contributed by atoms with Crippen LogP contribution in [0.1, 0.15) is 0 Å². The first-order valence-electron chi connectivity index (χ1n) is 2.74. The second-order valence-electron chi connectivity index (χ2n) is 1.82. The monoisotopic (exact) mass is 264 g/mol. The van der Waals surface area contributed by atoms with E-state index in [0.717, 1.165) is 0 Å². The molecule has 1 N–H and O–H groups in total. The second kappa shape index (κ2) is 5.90. The zero-order valence-corrected chi connectivity index (χ0v) is 7.34. The summed E-state index contributed by atoms with van der Waals surface area (Å²) >= 11 is 0. The molecule has 0 saturated heterocycles. The summed E-state index contributed by atoms with van der Waals surface area (Å²) in [5, 5.41) is 0. The first kappa shape index (κ1) is 16.6. The fourth-order valence-electron chi connectivity index (χ4n) is 0.197. The Morgan fingerprint density at radius 1 is 1.20 bits per heavy atom. The molecule has 0 fully saturated rings. The molecule has 0 spiro atoms. The van der Waals surface area contributed by atoms with Gasteiger partial charge in [0, 0.05) is 0 Å². The Morgan fingerprint density at radius 2 is 1.47 bits per heavy atom. The number of alkyl halides is 3. The fourth-order valence-corrected chi connectivity index (χ4v) is 0.197. The van der Waals surface area contributed by atoms with Gasteiger partial charge in [0.1, 0.15) is 0 Å². The van der Waals surface area contributed by atoms with Gasteiger partial charge in [-0.2, -0.15) is 30.4 Å². The average Bonchev–Trinajstić information content (AvgIpc) is 1.99. The fraction of sp³-hybridized carbons (Fsp3) is 0.500. The van der Waals surface area contributed by atoms with Gasteiger partial charge in [-0.25, -0.2) is 4.39 Å². The van der Waals surface area contributed by atoms with E-state index in [-0.39, 0.29) is 0 Å². The molecule has 0 aliphatic rings. The van der Waals surface area contributed by atoms with E-state index in [1.165, 1.54) is 0 Å². The molecule has 0 saturated carbocycles. The second-order valence-corrected chi connectivity index (χ2v) is 2.65. The highest BCUT2D eigenvalue weighted by Crippen LogP contribution is 2.29. The summed E-state index contributed by atoms with van der Waals surface area (Å²) in [6, 6.07) is 0. The van der Waals surface area contributed by atoms with Gasteiger partial charge < -0.3 is 0 Å². The van der Waals surface area contributed by atoms with Crippen molar-refractivity contribution >= 4 is 10.5 Å². The number of rotatable bonds is 2. The summed E-state index contributed by atoms with van der Waals surface area (Å²) in [5.41, 5.74) is 0. The van der Waals surface area contributed by atoms with Crippen molar-refractivity contribution in [3.63, 3.8) is 0 Å². The highest BCUT2D eigenvalue weighted by atomic mass is 32.3. The molecular weight excluding hydrogens is 261 g/mol. The van der Waals surface area contributed by atoms with Gasteiger partial charge in [-0.15, -0.1) is 0 Å². The number of allylic oxidation sites excluding steroid dienone is 1. The third-order valence-electron chi connectivity index (χ3n) is 0.655. The molecule has 0 unspecified atom stereocenters. The Hall–Kier alpha value is -0.840. The third kappa shape index (κ3) is 11.1. The molecule has 0 aliphatic heterocycles. The van der Waals surface area contributed by atoms with Crippen molar-refractivity contribution in [2.24, 2.45) is 0 Å². The van der Waals surface area contributed by atoms with Gasteiger partial charge in [0.15, 0.2) is 6.67 Å². The molecule has 92 valence electrons. The standard InChI is InChI=1S/C4H2F6.FHO3S/c5-1-4(9,10)2(6)3(7)8;1-5(2,3)4/h1H2;(H,2,3,4). The van der Waals surface area contributed by atoms with Crippen LogP contribution in [0.25, 0.3) is 0 Å². The van der Waals surface area contributed by atoms with Crippen molar-refractivity contribution < 1.29 is 43.2 Å². The first-order chi connectivity index (χ1) is 6.41. The van der Waals surface area contributed by atoms with E-state index < -0.39 is 35.0 Å². The van der Waals surface area contributed by atoms with Gasteiger partial charge in [-0.1, -0.05) is 3.89 Å². The average molecular weight is 264 g/mol. The third-order valence-corrected chi connectivity index (χ3v) is 0.655. The Kier molecular flexibility index (Phi) is 6.52. The van der Waals surface area contributed by atoms with E-state index in [9.17, 15) is 30.2 Å². The van der Waals surface area contributed by atoms with Crippen LogP contribution in [0.4, 0.5) is 30.2 Å². The van der Waals surface area contributed by atoms with Crippen molar-refractivity contribution in [2.45, 2.75) is 5.92 Å². The van der Waals surface area contributed by atoms with E-state index in [1.807, 2.05) is 0 Å². The summed E-state index contributed by atoms with van der Waals surface area (Å²) in [4.78, 5) is 0. The minimum atomic E-state index is -5.17. The van der Waals surface area contributed by atoms with E-state index in [4.69, 9.17) is 13.0 Å². The van der Waals surface area contributed by atoms with E-state index in [1.54, 1.807) is 0 Å². The lowest BCUT2D eigenvalue weighted by molar-refractivity contribution is -0.0118. The maximum Gasteiger partial charge on any atom is 0.435 e. The minimum Gasteiger partial charge on any atom is -0.260 e. The lowest BCUT2D eigenvalue weighted by Crippen LogP contribution is -2.19. The van der Waals surface area contributed by atoms with Crippen LogP contribution < -0.4 is 0 Å². The zero-order chi connectivity index (χ0) is 12.9. The number of halogens is 7. The Balaban J connectivity index is 0. The topological polar surface area (TPSA) is 54.4 Å². The summed E-state index contributed by atoms with van der Waals surface area (Å²) < 4.78 is 102. The zero-order valence-electron chi connectivity index (χ0n) is 6.52. The van der Waals surface area contributed by atoms with Gasteiger partial charge in [0.05, 0.1) is 0 Å². The summed E-state index contributed by atoms with van der Waals surface area (Å²) in [5.74, 6) is -7.69. The molecule has 0 aliphatic carbocycles. The Morgan fingerprint density at radius 3 is 1.53 bits per heavy atom. The molecule has 0 aromatic carbocycles. The molecule has 0 heterocycles. The van der Waals surface area contributed by atoms with Crippen LogP contribution in [0.3, 0.4) is 0 Å². The molecule has 11 heteroatoms. The van der Waals surface area contributed by atoms with Crippen molar-refractivity contribution in [1.29, 1.82) is 0 Å². The van der Waals surface area contributed by atoms with E-state index in [2.05, 4.69) is 0 Å². The maximum absolute atomic E-state index is 11.5. The normalized spacial score (nSPS) is 11.5. The van der Waals surface area contributed by atoms with Gasteiger partial charge in [-0.3, -0.25) is 4.55 Å². The van der Waals surface area contributed by atoms with Crippen LogP contribution >= 0.6 is 0 Å². The quantitative estimate of drug-likeness (QED) is 0.473. The highest BCUT2D eigenvalue weighted by Gasteiger charge is 2.39. The highest BCUT2D eigenvalue weighted by molar-refractivity contribution is 7.80. The van der Waals surface area contributed by atoms with Crippen molar-refractivity contribution in [1.82, 2.24) is 0 Å². The summed E-state index contributed by atoms with van der Waals surface area (Å²) in [6.45, 7) is -2.46. The molecule has 0 atom stereocenters. The molecule has 0 bridgehead atoms. The predicted octanol–water partition coefficient (Wildman–Crippen LogP) is 2.43. The van der Waals surface area contributed by atoms with E-state index in [0.29, 0.717) is 0 Å². The lowest BCUT2D eigenvalue weighted by Gasteiger charge is -2.06. The summed E-state index contributed by atoms with van der Waals surface area (Å²) in [7, 11) is -5.17.